The van der Waals surface area contributed by atoms with E-state index >= 15 is 0 Å². The standard InChI is InChI=1S/C24H28N4O5S/c1-17-15-22(27-33-17)26-24(29)23(18-9-5-3-6-10-18)25-19-11-12-20(32-2)21(16-19)34(30,31)28-13-7-4-8-14-28/h3,5-6,9-12,15-16,23,25H,4,7-8,13-14H2,1-2H3,(H,26,27,29). The second-order valence-corrected chi connectivity index (χ2v) is 10.0. The summed E-state index contributed by atoms with van der Waals surface area (Å²) in [4.78, 5) is 13.2. The average molecular weight is 485 g/mol. The van der Waals surface area contributed by atoms with E-state index in [0.717, 1.165) is 19.3 Å². The van der Waals surface area contributed by atoms with Gasteiger partial charge in [0.05, 0.1) is 7.11 Å². The lowest BCUT2D eigenvalue weighted by Gasteiger charge is -2.27. The van der Waals surface area contributed by atoms with Crippen LogP contribution in [0.15, 0.2) is 64.0 Å². The Morgan fingerprint density at radius 1 is 1.09 bits per heavy atom. The van der Waals surface area contributed by atoms with E-state index in [1.54, 1.807) is 25.1 Å². The number of rotatable bonds is 8. The number of hydrogen-bond donors (Lipinski definition) is 2. The molecule has 0 radical (unpaired) electrons. The van der Waals surface area contributed by atoms with Gasteiger partial charge < -0.3 is 19.9 Å². The van der Waals surface area contributed by atoms with Gasteiger partial charge in [-0.2, -0.15) is 4.31 Å². The van der Waals surface area contributed by atoms with Crippen LogP contribution in [-0.4, -0.2) is 44.0 Å². The maximum atomic E-state index is 13.4. The van der Waals surface area contributed by atoms with Gasteiger partial charge in [0.25, 0.3) is 5.91 Å². The van der Waals surface area contributed by atoms with E-state index < -0.39 is 16.1 Å². The second-order valence-electron chi connectivity index (χ2n) is 8.13. The molecule has 10 heteroatoms. The number of aryl methyl sites for hydroxylation is 1. The number of benzene rings is 2. The van der Waals surface area contributed by atoms with Crippen molar-refractivity contribution in [1.82, 2.24) is 9.46 Å². The van der Waals surface area contributed by atoms with Crippen LogP contribution in [0.5, 0.6) is 5.75 Å². The van der Waals surface area contributed by atoms with Crippen molar-refractivity contribution in [3.05, 3.63) is 65.9 Å². The normalized spacial score (nSPS) is 15.5. The highest BCUT2D eigenvalue weighted by Crippen LogP contribution is 2.32. The Balaban J connectivity index is 1.66. The number of aromatic nitrogens is 1. The van der Waals surface area contributed by atoms with E-state index in [1.807, 2.05) is 30.3 Å². The zero-order chi connectivity index (χ0) is 24.1. The van der Waals surface area contributed by atoms with Gasteiger partial charge in [0.15, 0.2) is 5.82 Å². The van der Waals surface area contributed by atoms with Gasteiger partial charge in [0.1, 0.15) is 22.4 Å². The van der Waals surface area contributed by atoms with Crippen molar-refractivity contribution in [2.45, 2.75) is 37.1 Å². The van der Waals surface area contributed by atoms with Crippen molar-refractivity contribution in [1.29, 1.82) is 0 Å². The number of carbonyl (C=O) groups excluding carboxylic acids is 1. The zero-order valence-corrected chi connectivity index (χ0v) is 20.0. The van der Waals surface area contributed by atoms with Gasteiger partial charge >= 0.3 is 0 Å². The lowest BCUT2D eigenvalue weighted by molar-refractivity contribution is -0.117. The van der Waals surface area contributed by atoms with Crippen molar-refractivity contribution < 1.29 is 22.5 Å². The van der Waals surface area contributed by atoms with E-state index in [4.69, 9.17) is 9.26 Å². The molecule has 34 heavy (non-hydrogen) atoms. The number of nitrogens with zero attached hydrogens (tertiary/aromatic N) is 2. The number of amides is 1. The topological polar surface area (TPSA) is 114 Å². The molecule has 1 aliphatic rings. The molecule has 1 unspecified atom stereocenters. The number of piperidine rings is 1. The smallest absolute Gasteiger partial charge is 0.252 e. The Labute approximate surface area is 199 Å². The summed E-state index contributed by atoms with van der Waals surface area (Å²) < 4.78 is 38.6. The fraction of sp³-hybridized carbons (Fsp3) is 0.333. The maximum Gasteiger partial charge on any atom is 0.252 e. The summed E-state index contributed by atoms with van der Waals surface area (Å²) in [5, 5.41) is 9.75. The minimum atomic E-state index is -3.75. The fourth-order valence-electron chi connectivity index (χ4n) is 3.95. The summed E-state index contributed by atoms with van der Waals surface area (Å²) in [5.74, 6) is 0.765. The van der Waals surface area contributed by atoms with Gasteiger partial charge in [-0.25, -0.2) is 8.42 Å². The predicted octanol–water partition coefficient (Wildman–Crippen LogP) is 3.96. The number of sulfonamides is 1. The average Bonchev–Trinajstić information content (AvgIpc) is 3.27. The molecule has 1 saturated heterocycles. The minimum absolute atomic E-state index is 0.0706. The molecular weight excluding hydrogens is 456 g/mol. The van der Waals surface area contributed by atoms with Gasteiger partial charge in [-0.3, -0.25) is 4.79 Å². The molecule has 0 spiro atoms. The highest BCUT2D eigenvalue weighted by atomic mass is 32.2. The van der Waals surface area contributed by atoms with Crippen molar-refractivity contribution in [3.8, 4) is 5.75 Å². The molecule has 3 aromatic rings. The number of methoxy groups -OCH3 is 1. The molecule has 180 valence electrons. The Kier molecular flexibility index (Phi) is 7.18. The Morgan fingerprint density at radius 3 is 2.47 bits per heavy atom. The Bertz CT molecular complexity index is 1240. The molecule has 1 fully saturated rings. The maximum absolute atomic E-state index is 13.4. The monoisotopic (exact) mass is 484 g/mol. The highest BCUT2D eigenvalue weighted by molar-refractivity contribution is 7.89. The van der Waals surface area contributed by atoms with Crippen LogP contribution in [0.4, 0.5) is 11.5 Å². The van der Waals surface area contributed by atoms with Crippen LogP contribution >= 0.6 is 0 Å². The number of carbonyl (C=O) groups is 1. The van der Waals surface area contributed by atoms with E-state index in [-0.39, 0.29) is 16.6 Å². The summed E-state index contributed by atoms with van der Waals surface area (Å²) in [5.41, 5.74) is 1.17. The molecule has 2 aromatic carbocycles. The summed E-state index contributed by atoms with van der Waals surface area (Å²) in [7, 11) is -2.31. The molecular formula is C24H28N4O5S. The lowest BCUT2D eigenvalue weighted by atomic mass is 10.1. The molecule has 9 nitrogen and oxygen atoms in total. The number of hydrogen-bond acceptors (Lipinski definition) is 7. The van der Waals surface area contributed by atoms with Gasteiger partial charge in [-0.1, -0.05) is 41.9 Å². The van der Waals surface area contributed by atoms with Crippen LogP contribution in [0.25, 0.3) is 0 Å². The Morgan fingerprint density at radius 2 is 1.82 bits per heavy atom. The summed E-state index contributed by atoms with van der Waals surface area (Å²) in [6, 6.07) is 14.8. The van der Waals surface area contributed by atoms with Crippen LogP contribution in [0.3, 0.4) is 0 Å². The third-order valence-corrected chi connectivity index (χ3v) is 7.60. The SMILES string of the molecule is COc1ccc(NC(C(=O)Nc2cc(C)on2)c2ccccc2)cc1S(=O)(=O)N1CCCCC1. The number of anilines is 2. The predicted molar refractivity (Wildman–Crippen MR) is 128 cm³/mol. The summed E-state index contributed by atoms with van der Waals surface area (Å²) in [6.45, 7) is 2.70. The van der Waals surface area contributed by atoms with Crippen LogP contribution in [0.2, 0.25) is 0 Å². The first-order chi connectivity index (χ1) is 16.4. The van der Waals surface area contributed by atoms with E-state index in [1.165, 1.54) is 17.5 Å². The molecule has 4 rings (SSSR count). The largest absolute Gasteiger partial charge is 0.495 e. The molecule has 2 heterocycles. The van der Waals surface area contributed by atoms with Crippen LogP contribution < -0.4 is 15.4 Å². The van der Waals surface area contributed by atoms with Crippen LogP contribution in [0.1, 0.15) is 36.6 Å². The number of nitrogens with one attached hydrogen (secondary N) is 2. The Hall–Kier alpha value is -3.37. The zero-order valence-electron chi connectivity index (χ0n) is 19.2. The van der Waals surface area contributed by atoms with Crippen LogP contribution in [0, 0.1) is 6.92 Å². The van der Waals surface area contributed by atoms with Gasteiger partial charge in [-0.15, -0.1) is 0 Å². The van der Waals surface area contributed by atoms with E-state index in [0.29, 0.717) is 35.9 Å². The third-order valence-electron chi connectivity index (χ3n) is 5.68. The van der Waals surface area contributed by atoms with Gasteiger partial charge in [0, 0.05) is 24.8 Å². The third kappa shape index (κ3) is 5.23. The molecule has 0 saturated carbocycles. The lowest BCUT2D eigenvalue weighted by Crippen LogP contribution is -2.35. The number of ether oxygens (including phenoxy) is 1. The molecule has 1 atom stereocenters. The van der Waals surface area contributed by atoms with Crippen molar-refractivity contribution >= 4 is 27.4 Å². The molecule has 0 bridgehead atoms. The molecule has 2 N–H and O–H groups in total. The summed E-state index contributed by atoms with van der Waals surface area (Å²) >= 11 is 0. The molecule has 1 aliphatic heterocycles. The second kappa shape index (κ2) is 10.3. The van der Waals surface area contributed by atoms with Crippen molar-refractivity contribution in [2.75, 3.05) is 30.8 Å². The highest BCUT2D eigenvalue weighted by Gasteiger charge is 2.30. The van der Waals surface area contributed by atoms with Gasteiger partial charge in [-0.05, 0) is 43.5 Å². The van der Waals surface area contributed by atoms with E-state index in [9.17, 15) is 13.2 Å². The van der Waals surface area contributed by atoms with Crippen molar-refractivity contribution in [2.24, 2.45) is 0 Å². The minimum Gasteiger partial charge on any atom is -0.495 e. The quantitative estimate of drug-likeness (QED) is 0.497. The van der Waals surface area contributed by atoms with Crippen LogP contribution in [-0.2, 0) is 14.8 Å². The van der Waals surface area contributed by atoms with Gasteiger partial charge in [0.2, 0.25) is 10.0 Å². The first kappa shape index (κ1) is 23.8. The summed E-state index contributed by atoms with van der Waals surface area (Å²) in [6.07, 6.45) is 2.68. The first-order valence-electron chi connectivity index (χ1n) is 11.1. The van der Waals surface area contributed by atoms with Crippen molar-refractivity contribution in [3.63, 3.8) is 0 Å². The first-order valence-corrected chi connectivity index (χ1v) is 12.6. The fourth-order valence-corrected chi connectivity index (χ4v) is 5.65. The van der Waals surface area contributed by atoms with E-state index in [2.05, 4.69) is 15.8 Å². The molecule has 1 aromatic heterocycles. The molecule has 0 aliphatic carbocycles. The molecule has 1 amide bonds.